The predicted octanol–water partition coefficient (Wildman–Crippen LogP) is 5.86. The molecule has 3 aromatic rings. The first-order valence-corrected chi connectivity index (χ1v) is 12.7. The highest BCUT2D eigenvalue weighted by molar-refractivity contribution is 9.10. The van der Waals surface area contributed by atoms with Crippen LogP contribution >= 0.6 is 38.9 Å². The fourth-order valence-corrected chi connectivity index (χ4v) is 5.84. The minimum absolute atomic E-state index is 0.0379. The first-order valence-electron chi connectivity index (χ1n) is 9.24. The lowest BCUT2D eigenvalue weighted by Crippen LogP contribution is -2.40. The summed E-state index contributed by atoms with van der Waals surface area (Å²) < 4.78 is 28.9. The second-order valence-electron chi connectivity index (χ2n) is 7.89. The summed E-state index contributed by atoms with van der Waals surface area (Å²) in [5.41, 5.74) is 1.19. The molecule has 0 atom stereocenters. The number of carbonyl (C=O) groups is 1. The van der Waals surface area contributed by atoms with Gasteiger partial charge >= 0.3 is 0 Å². The number of rotatable bonds is 5. The number of aromatic nitrogens is 1. The van der Waals surface area contributed by atoms with Crippen molar-refractivity contribution in [2.75, 3.05) is 5.32 Å². The summed E-state index contributed by atoms with van der Waals surface area (Å²) in [6, 6.07) is 11.9. The molecule has 31 heavy (non-hydrogen) atoms. The van der Waals surface area contributed by atoms with Gasteiger partial charge in [-0.05, 0) is 58.0 Å². The van der Waals surface area contributed by atoms with Crippen molar-refractivity contribution >= 4 is 59.9 Å². The van der Waals surface area contributed by atoms with E-state index in [9.17, 15) is 13.2 Å². The van der Waals surface area contributed by atoms with Crippen LogP contribution in [0.1, 0.15) is 36.0 Å². The summed E-state index contributed by atoms with van der Waals surface area (Å²) in [6.07, 6.45) is 0. The summed E-state index contributed by atoms with van der Waals surface area (Å²) in [4.78, 5) is 18.1. The lowest BCUT2D eigenvalue weighted by molar-refractivity contribution is 0.102. The van der Waals surface area contributed by atoms with Crippen molar-refractivity contribution < 1.29 is 13.2 Å². The smallest absolute Gasteiger partial charge is 0.257 e. The number of hydrogen-bond acceptors (Lipinski definition) is 5. The van der Waals surface area contributed by atoms with E-state index in [4.69, 9.17) is 11.6 Å². The van der Waals surface area contributed by atoms with Gasteiger partial charge in [0, 0.05) is 26.0 Å². The van der Waals surface area contributed by atoms with Crippen LogP contribution in [-0.4, -0.2) is 24.8 Å². The topological polar surface area (TPSA) is 88.2 Å². The van der Waals surface area contributed by atoms with Gasteiger partial charge in [-0.15, -0.1) is 11.3 Å². The molecule has 6 nitrogen and oxygen atoms in total. The zero-order chi connectivity index (χ0) is 23.0. The van der Waals surface area contributed by atoms with E-state index in [0.717, 1.165) is 20.6 Å². The molecule has 0 fully saturated rings. The van der Waals surface area contributed by atoms with Gasteiger partial charge in [-0.3, -0.25) is 10.1 Å². The van der Waals surface area contributed by atoms with Crippen molar-refractivity contribution in [3.05, 3.63) is 62.4 Å². The average Bonchev–Trinajstić information content (AvgIpc) is 3.00. The number of amides is 1. The highest BCUT2D eigenvalue weighted by atomic mass is 79.9. The summed E-state index contributed by atoms with van der Waals surface area (Å²) in [5, 5.41) is 3.21. The SMILES string of the molecule is Cc1sc(NC(=O)c2ccc(Cl)c(S(=O)(=O)NC(C)(C)C)c2)nc1-c1ccc(Br)cc1. The summed E-state index contributed by atoms with van der Waals surface area (Å²) in [6.45, 7) is 7.10. The van der Waals surface area contributed by atoms with Crippen LogP contribution < -0.4 is 10.0 Å². The van der Waals surface area contributed by atoms with Crippen LogP contribution in [0.4, 0.5) is 5.13 Å². The Hall–Kier alpha value is -1.78. The number of thiazole rings is 1. The molecule has 0 saturated carbocycles. The Morgan fingerprint density at radius 1 is 1.13 bits per heavy atom. The zero-order valence-corrected chi connectivity index (χ0v) is 21.3. The molecule has 0 aliphatic heterocycles. The van der Waals surface area contributed by atoms with Crippen molar-refractivity contribution in [1.82, 2.24) is 9.71 Å². The van der Waals surface area contributed by atoms with Crippen molar-refractivity contribution in [2.24, 2.45) is 0 Å². The van der Waals surface area contributed by atoms with E-state index in [1.807, 2.05) is 31.2 Å². The lowest BCUT2D eigenvalue weighted by Gasteiger charge is -2.21. The van der Waals surface area contributed by atoms with Gasteiger partial charge in [0.25, 0.3) is 5.91 Å². The fraction of sp³-hybridized carbons (Fsp3) is 0.238. The normalized spacial score (nSPS) is 12.1. The number of nitrogens with zero attached hydrogens (tertiary/aromatic N) is 1. The van der Waals surface area contributed by atoms with Crippen molar-refractivity contribution in [3.63, 3.8) is 0 Å². The maximum Gasteiger partial charge on any atom is 0.257 e. The van der Waals surface area contributed by atoms with Gasteiger partial charge in [0.15, 0.2) is 5.13 Å². The quantitative estimate of drug-likeness (QED) is 0.422. The van der Waals surface area contributed by atoms with E-state index in [-0.39, 0.29) is 15.5 Å². The van der Waals surface area contributed by atoms with Crippen LogP contribution in [0.3, 0.4) is 0 Å². The van der Waals surface area contributed by atoms with E-state index in [2.05, 4.69) is 31.0 Å². The molecule has 2 N–H and O–H groups in total. The Morgan fingerprint density at radius 3 is 2.39 bits per heavy atom. The molecule has 10 heteroatoms. The number of sulfonamides is 1. The van der Waals surface area contributed by atoms with Crippen LogP contribution in [-0.2, 0) is 10.0 Å². The summed E-state index contributed by atoms with van der Waals surface area (Å²) in [7, 11) is -3.90. The third kappa shape index (κ3) is 5.93. The van der Waals surface area contributed by atoms with Gasteiger partial charge in [-0.25, -0.2) is 18.1 Å². The lowest BCUT2D eigenvalue weighted by atomic mass is 10.1. The minimum Gasteiger partial charge on any atom is -0.298 e. The molecule has 0 saturated heterocycles. The molecule has 164 valence electrons. The van der Waals surface area contributed by atoms with Crippen molar-refractivity contribution in [1.29, 1.82) is 0 Å². The Morgan fingerprint density at radius 2 is 1.77 bits per heavy atom. The van der Waals surface area contributed by atoms with Crippen LogP contribution in [0.5, 0.6) is 0 Å². The summed E-state index contributed by atoms with van der Waals surface area (Å²) >= 11 is 10.9. The number of halogens is 2. The van der Waals surface area contributed by atoms with Gasteiger partial charge in [-0.1, -0.05) is 39.7 Å². The van der Waals surface area contributed by atoms with Crippen LogP contribution in [0.15, 0.2) is 51.8 Å². The molecule has 0 spiro atoms. The van der Waals surface area contributed by atoms with E-state index in [1.165, 1.54) is 29.5 Å². The average molecular weight is 543 g/mol. The molecule has 0 aliphatic rings. The second kappa shape index (κ2) is 8.99. The van der Waals surface area contributed by atoms with Gasteiger partial charge in [-0.2, -0.15) is 0 Å². The monoisotopic (exact) mass is 541 g/mol. The zero-order valence-electron chi connectivity index (χ0n) is 17.3. The van der Waals surface area contributed by atoms with E-state index >= 15 is 0 Å². The highest BCUT2D eigenvalue weighted by Crippen LogP contribution is 2.31. The minimum atomic E-state index is -3.90. The Bertz CT molecular complexity index is 1230. The van der Waals surface area contributed by atoms with Crippen LogP contribution in [0, 0.1) is 6.92 Å². The van der Waals surface area contributed by atoms with E-state index in [1.54, 1.807) is 20.8 Å². The largest absolute Gasteiger partial charge is 0.298 e. The van der Waals surface area contributed by atoms with Crippen molar-refractivity contribution in [3.8, 4) is 11.3 Å². The third-order valence-electron chi connectivity index (χ3n) is 4.06. The number of aryl methyl sites for hydroxylation is 1. The second-order valence-corrected chi connectivity index (χ2v) is 12.1. The Balaban J connectivity index is 1.86. The van der Waals surface area contributed by atoms with Crippen LogP contribution in [0.25, 0.3) is 11.3 Å². The third-order valence-corrected chi connectivity index (χ3v) is 7.71. The van der Waals surface area contributed by atoms with Crippen molar-refractivity contribution in [2.45, 2.75) is 38.1 Å². The molecule has 0 unspecified atom stereocenters. The standard InChI is InChI=1S/C21H21BrClN3O3S2/c1-12-18(13-5-8-15(22)9-6-13)24-20(30-12)25-19(27)14-7-10-16(23)17(11-14)31(28,29)26-21(2,3)4/h5-11,26H,1-4H3,(H,24,25,27). The molecular weight excluding hydrogens is 522 g/mol. The maximum atomic E-state index is 12.8. The molecule has 2 aromatic carbocycles. The maximum absolute atomic E-state index is 12.8. The number of nitrogens with one attached hydrogen (secondary N) is 2. The molecule has 0 radical (unpaired) electrons. The molecule has 1 aromatic heterocycles. The summed E-state index contributed by atoms with van der Waals surface area (Å²) in [5.74, 6) is -0.472. The Kier molecular flexibility index (Phi) is 6.93. The number of anilines is 1. The molecule has 1 amide bonds. The van der Waals surface area contributed by atoms with Gasteiger partial charge in [0.05, 0.1) is 10.7 Å². The number of carbonyl (C=O) groups excluding carboxylic acids is 1. The molecule has 0 bridgehead atoms. The van der Waals surface area contributed by atoms with E-state index in [0.29, 0.717) is 5.13 Å². The number of benzene rings is 2. The van der Waals surface area contributed by atoms with E-state index < -0.39 is 21.5 Å². The first-order chi connectivity index (χ1) is 14.4. The number of hydrogen-bond donors (Lipinski definition) is 2. The first kappa shape index (κ1) is 23.9. The molecular formula is C21H21BrClN3O3S2. The predicted molar refractivity (Wildman–Crippen MR) is 129 cm³/mol. The molecule has 1 heterocycles. The van der Waals surface area contributed by atoms with Gasteiger partial charge < -0.3 is 0 Å². The van der Waals surface area contributed by atoms with Gasteiger partial charge in [0.1, 0.15) is 4.90 Å². The highest BCUT2D eigenvalue weighted by Gasteiger charge is 2.25. The Labute approximate surface area is 199 Å². The molecule has 0 aliphatic carbocycles. The molecule has 3 rings (SSSR count). The van der Waals surface area contributed by atoms with Gasteiger partial charge in [0.2, 0.25) is 10.0 Å². The van der Waals surface area contributed by atoms with Crippen LogP contribution in [0.2, 0.25) is 5.02 Å². The fourth-order valence-electron chi connectivity index (χ4n) is 2.80.